The van der Waals surface area contributed by atoms with E-state index in [-0.39, 0.29) is 0 Å². The van der Waals surface area contributed by atoms with Crippen LogP contribution in [0.1, 0.15) is 52.4 Å². The van der Waals surface area contributed by atoms with Crippen molar-refractivity contribution in [3.05, 3.63) is 0 Å². The summed E-state index contributed by atoms with van der Waals surface area (Å²) in [6.45, 7) is 5.70. The molecule has 0 aromatic heterocycles. The molecule has 88 valence electrons. The van der Waals surface area contributed by atoms with Crippen LogP contribution in [0, 0.1) is 0 Å². The Labute approximate surface area is 92.1 Å². The van der Waals surface area contributed by atoms with Crippen molar-refractivity contribution in [2.24, 2.45) is 0 Å². The average Bonchev–Trinajstić information content (AvgIpc) is 2.18. The fourth-order valence-electron chi connectivity index (χ4n) is 2.43. The van der Waals surface area contributed by atoms with E-state index in [1.807, 2.05) is 13.8 Å². The highest BCUT2D eigenvalue weighted by Crippen LogP contribution is 2.35. The third-order valence-corrected chi connectivity index (χ3v) is 3.30. The third kappa shape index (κ3) is 2.92. The second-order valence-electron chi connectivity index (χ2n) is 4.98. The maximum atomic E-state index is 6.06. The predicted molar refractivity (Wildman–Crippen MR) is 57.5 cm³/mol. The van der Waals surface area contributed by atoms with Crippen molar-refractivity contribution in [1.82, 2.24) is 0 Å². The van der Waals surface area contributed by atoms with Gasteiger partial charge < -0.3 is 14.2 Å². The van der Waals surface area contributed by atoms with Crippen LogP contribution in [0.5, 0.6) is 0 Å². The van der Waals surface area contributed by atoms with Crippen LogP contribution < -0.4 is 0 Å². The molecule has 2 aliphatic rings. The number of rotatable bonds is 2. The van der Waals surface area contributed by atoms with Crippen LogP contribution in [0.3, 0.4) is 0 Å². The van der Waals surface area contributed by atoms with Crippen LogP contribution in [0.15, 0.2) is 0 Å². The molecule has 2 rings (SSSR count). The molecule has 2 aliphatic heterocycles. The molecule has 0 spiro atoms. The molecular weight excluding hydrogens is 192 g/mol. The van der Waals surface area contributed by atoms with E-state index in [9.17, 15) is 0 Å². The summed E-state index contributed by atoms with van der Waals surface area (Å²) in [6, 6.07) is 0. The maximum absolute atomic E-state index is 6.06. The molecule has 2 unspecified atom stereocenters. The van der Waals surface area contributed by atoms with Gasteiger partial charge in [0.2, 0.25) is 0 Å². The lowest BCUT2D eigenvalue weighted by atomic mass is 10.0. The lowest BCUT2D eigenvalue weighted by Crippen LogP contribution is -2.47. The number of hydrogen-bond donors (Lipinski definition) is 0. The van der Waals surface area contributed by atoms with Gasteiger partial charge in [-0.1, -0.05) is 0 Å². The van der Waals surface area contributed by atoms with Crippen LogP contribution in [-0.2, 0) is 14.2 Å². The van der Waals surface area contributed by atoms with E-state index < -0.39 is 11.6 Å². The van der Waals surface area contributed by atoms with Gasteiger partial charge in [0.05, 0.1) is 13.2 Å². The van der Waals surface area contributed by atoms with Crippen LogP contribution in [0.4, 0.5) is 0 Å². The summed E-state index contributed by atoms with van der Waals surface area (Å²) >= 11 is 0. The molecule has 0 N–H and O–H groups in total. The number of ether oxygens (including phenoxy) is 3. The van der Waals surface area contributed by atoms with E-state index in [2.05, 4.69) is 0 Å². The van der Waals surface area contributed by atoms with E-state index in [0.717, 1.165) is 38.9 Å². The molecular formula is C12H22O3. The monoisotopic (exact) mass is 214 g/mol. The van der Waals surface area contributed by atoms with Gasteiger partial charge in [-0.3, -0.25) is 0 Å². The van der Waals surface area contributed by atoms with Gasteiger partial charge in [-0.15, -0.1) is 0 Å². The first-order valence-corrected chi connectivity index (χ1v) is 6.10. The zero-order valence-corrected chi connectivity index (χ0v) is 9.88. The fraction of sp³-hybridized carbons (Fsp3) is 1.00. The van der Waals surface area contributed by atoms with Crippen molar-refractivity contribution in [1.29, 1.82) is 0 Å². The second-order valence-corrected chi connectivity index (χ2v) is 4.98. The van der Waals surface area contributed by atoms with E-state index in [1.165, 1.54) is 12.8 Å². The molecule has 0 radical (unpaired) electrons. The van der Waals surface area contributed by atoms with Crippen molar-refractivity contribution in [3.63, 3.8) is 0 Å². The lowest BCUT2D eigenvalue weighted by molar-refractivity contribution is -0.364. The van der Waals surface area contributed by atoms with Gasteiger partial charge in [0.25, 0.3) is 0 Å². The molecule has 2 saturated heterocycles. The molecule has 3 heteroatoms. The third-order valence-electron chi connectivity index (χ3n) is 3.30. The standard InChI is InChI=1S/C12H22O3/c1-11(7-3-5-9-13-11)15-12(2)8-4-6-10-14-12/h3-10H2,1-2H3. The fourth-order valence-corrected chi connectivity index (χ4v) is 2.43. The molecule has 0 aliphatic carbocycles. The summed E-state index contributed by atoms with van der Waals surface area (Å²) in [5.41, 5.74) is 0. The number of hydrogen-bond acceptors (Lipinski definition) is 3. The van der Waals surface area contributed by atoms with Crippen LogP contribution in [0.2, 0.25) is 0 Å². The van der Waals surface area contributed by atoms with Gasteiger partial charge in [-0.05, 0) is 39.5 Å². The van der Waals surface area contributed by atoms with Crippen molar-refractivity contribution in [2.45, 2.75) is 63.9 Å². The molecule has 2 atom stereocenters. The van der Waals surface area contributed by atoms with Crippen molar-refractivity contribution >= 4 is 0 Å². The highest BCUT2D eigenvalue weighted by molar-refractivity contribution is 4.76. The van der Waals surface area contributed by atoms with E-state index in [0.29, 0.717) is 0 Å². The van der Waals surface area contributed by atoms with Crippen molar-refractivity contribution in [3.8, 4) is 0 Å². The SMILES string of the molecule is CC1(OC2(C)CCCCO2)CCCCO1. The highest BCUT2D eigenvalue weighted by atomic mass is 16.8. The van der Waals surface area contributed by atoms with E-state index >= 15 is 0 Å². The largest absolute Gasteiger partial charge is 0.350 e. The highest BCUT2D eigenvalue weighted by Gasteiger charge is 2.39. The van der Waals surface area contributed by atoms with E-state index in [1.54, 1.807) is 0 Å². The van der Waals surface area contributed by atoms with Crippen LogP contribution >= 0.6 is 0 Å². The smallest absolute Gasteiger partial charge is 0.168 e. The van der Waals surface area contributed by atoms with Crippen LogP contribution in [-0.4, -0.2) is 24.8 Å². The minimum atomic E-state index is -0.426. The van der Waals surface area contributed by atoms with Crippen LogP contribution in [0.25, 0.3) is 0 Å². The molecule has 3 nitrogen and oxygen atoms in total. The first kappa shape index (κ1) is 11.4. The Kier molecular flexibility index (Phi) is 3.33. The molecule has 0 saturated carbocycles. The Morgan fingerprint density at radius 3 is 1.60 bits per heavy atom. The second kappa shape index (κ2) is 4.40. The Morgan fingerprint density at radius 1 is 0.800 bits per heavy atom. The predicted octanol–water partition coefficient (Wildman–Crippen LogP) is 2.84. The van der Waals surface area contributed by atoms with Crippen molar-refractivity contribution in [2.75, 3.05) is 13.2 Å². The van der Waals surface area contributed by atoms with Gasteiger partial charge in [0, 0.05) is 12.8 Å². The lowest BCUT2D eigenvalue weighted by Gasteiger charge is -2.43. The summed E-state index contributed by atoms with van der Waals surface area (Å²) < 4.78 is 17.5. The summed E-state index contributed by atoms with van der Waals surface area (Å²) in [4.78, 5) is 0. The summed E-state index contributed by atoms with van der Waals surface area (Å²) in [6.07, 6.45) is 6.63. The van der Waals surface area contributed by atoms with E-state index in [4.69, 9.17) is 14.2 Å². The van der Waals surface area contributed by atoms with Gasteiger partial charge >= 0.3 is 0 Å². The Hall–Kier alpha value is -0.120. The maximum Gasteiger partial charge on any atom is 0.168 e. The summed E-state index contributed by atoms with van der Waals surface area (Å²) in [5, 5.41) is 0. The van der Waals surface area contributed by atoms with Gasteiger partial charge in [-0.25, -0.2) is 0 Å². The van der Waals surface area contributed by atoms with Gasteiger partial charge in [-0.2, -0.15) is 0 Å². The summed E-state index contributed by atoms with van der Waals surface area (Å²) in [7, 11) is 0. The zero-order chi connectivity index (χ0) is 10.8. The molecule has 0 aromatic rings. The quantitative estimate of drug-likeness (QED) is 0.707. The van der Waals surface area contributed by atoms with Crippen molar-refractivity contribution < 1.29 is 14.2 Å². The van der Waals surface area contributed by atoms with Gasteiger partial charge in [0.1, 0.15) is 0 Å². The minimum Gasteiger partial charge on any atom is -0.350 e. The molecule has 15 heavy (non-hydrogen) atoms. The Balaban J connectivity index is 1.93. The normalized spacial score (nSPS) is 42.8. The zero-order valence-electron chi connectivity index (χ0n) is 9.88. The van der Waals surface area contributed by atoms with Gasteiger partial charge in [0.15, 0.2) is 11.6 Å². The molecule has 2 fully saturated rings. The Morgan fingerprint density at radius 2 is 1.27 bits per heavy atom. The first-order chi connectivity index (χ1) is 7.12. The Bertz CT molecular complexity index is 181. The minimum absolute atomic E-state index is 0.426. The summed E-state index contributed by atoms with van der Waals surface area (Å²) in [5.74, 6) is -0.852. The molecule has 2 heterocycles. The molecule has 0 amide bonds. The molecule has 0 bridgehead atoms. The average molecular weight is 214 g/mol. The molecule has 0 aromatic carbocycles. The first-order valence-electron chi connectivity index (χ1n) is 6.10. The topological polar surface area (TPSA) is 27.7 Å².